The van der Waals surface area contributed by atoms with E-state index in [1.807, 2.05) is 6.92 Å². The summed E-state index contributed by atoms with van der Waals surface area (Å²) in [6, 6.07) is 4.47. The maximum Gasteiger partial charge on any atom is 0.270 e. The average molecular weight is 259 g/mol. The number of hydrogen-bond donors (Lipinski definition) is 1. The van der Waals surface area contributed by atoms with Crippen molar-refractivity contribution in [1.29, 1.82) is 0 Å². The number of benzene rings is 1. The van der Waals surface area contributed by atoms with Gasteiger partial charge in [0.05, 0.1) is 16.6 Å². The third-order valence-electron chi connectivity index (χ3n) is 2.19. The number of hydrogen-bond acceptors (Lipinski definition) is 4. The van der Waals surface area contributed by atoms with Crippen molar-refractivity contribution in [1.82, 2.24) is 5.32 Å². The Bertz CT molecular complexity index is 385. The van der Waals surface area contributed by atoms with Crippen molar-refractivity contribution < 1.29 is 9.66 Å². The monoisotopic (exact) mass is 258 g/mol. The fourth-order valence-electron chi connectivity index (χ4n) is 1.30. The first-order valence-electron chi connectivity index (χ1n) is 5.36. The molecule has 0 bridgehead atoms. The molecule has 5 nitrogen and oxygen atoms in total. The molecule has 1 N–H and O–H groups in total. The molecule has 0 atom stereocenters. The number of rotatable bonds is 7. The van der Waals surface area contributed by atoms with Gasteiger partial charge in [-0.1, -0.05) is 11.6 Å². The van der Waals surface area contributed by atoms with E-state index < -0.39 is 4.92 Å². The Hall–Kier alpha value is -1.17. The molecule has 0 unspecified atom stereocenters. The van der Waals surface area contributed by atoms with Crippen molar-refractivity contribution in [2.75, 3.05) is 19.8 Å². The SMILES string of the molecule is CCOCCNCc1ccc([N+](=O)[O-])cc1Cl. The Kier molecular flexibility index (Phi) is 5.90. The Morgan fingerprint density at radius 2 is 2.29 bits per heavy atom. The van der Waals surface area contributed by atoms with Crippen molar-refractivity contribution in [3.63, 3.8) is 0 Å². The molecule has 0 fully saturated rings. The highest BCUT2D eigenvalue weighted by Crippen LogP contribution is 2.22. The van der Waals surface area contributed by atoms with Crippen LogP contribution in [-0.2, 0) is 11.3 Å². The van der Waals surface area contributed by atoms with E-state index >= 15 is 0 Å². The van der Waals surface area contributed by atoms with Crippen LogP contribution in [0.3, 0.4) is 0 Å². The second-order valence-electron chi connectivity index (χ2n) is 3.41. The highest BCUT2D eigenvalue weighted by molar-refractivity contribution is 6.31. The first-order chi connectivity index (χ1) is 8.15. The lowest BCUT2D eigenvalue weighted by atomic mass is 10.2. The number of ether oxygens (including phenoxy) is 1. The van der Waals surface area contributed by atoms with Gasteiger partial charge >= 0.3 is 0 Å². The quantitative estimate of drug-likeness (QED) is 0.463. The van der Waals surface area contributed by atoms with E-state index in [4.69, 9.17) is 16.3 Å². The zero-order valence-corrected chi connectivity index (χ0v) is 10.4. The van der Waals surface area contributed by atoms with E-state index in [9.17, 15) is 10.1 Å². The summed E-state index contributed by atoms with van der Waals surface area (Å²) in [5.41, 5.74) is 0.849. The maximum atomic E-state index is 10.5. The molecular weight excluding hydrogens is 244 g/mol. The summed E-state index contributed by atoms with van der Waals surface area (Å²) in [6.07, 6.45) is 0. The van der Waals surface area contributed by atoms with E-state index in [0.29, 0.717) is 24.8 Å². The molecule has 1 rings (SSSR count). The molecule has 0 spiro atoms. The van der Waals surface area contributed by atoms with Crippen molar-refractivity contribution in [3.05, 3.63) is 38.9 Å². The van der Waals surface area contributed by atoms with Gasteiger partial charge in [0.2, 0.25) is 0 Å². The number of nitro groups is 1. The van der Waals surface area contributed by atoms with Crippen LogP contribution in [0.1, 0.15) is 12.5 Å². The van der Waals surface area contributed by atoms with Crippen molar-refractivity contribution >= 4 is 17.3 Å². The predicted octanol–water partition coefficient (Wildman–Crippen LogP) is 2.37. The summed E-state index contributed by atoms with van der Waals surface area (Å²) in [7, 11) is 0. The number of nitro benzene ring substituents is 1. The first kappa shape index (κ1) is 13.9. The van der Waals surface area contributed by atoms with Crippen LogP contribution < -0.4 is 5.32 Å². The van der Waals surface area contributed by atoms with Gasteiger partial charge in [-0.05, 0) is 18.6 Å². The van der Waals surface area contributed by atoms with Crippen LogP contribution in [0.5, 0.6) is 0 Å². The van der Waals surface area contributed by atoms with Gasteiger partial charge in [-0.25, -0.2) is 0 Å². The highest BCUT2D eigenvalue weighted by Gasteiger charge is 2.08. The van der Waals surface area contributed by atoms with Gasteiger partial charge in [0.25, 0.3) is 5.69 Å². The molecule has 0 aromatic heterocycles. The van der Waals surface area contributed by atoms with Crippen LogP contribution in [0.2, 0.25) is 5.02 Å². The predicted molar refractivity (Wildman–Crippen MR) is 66.3 cm³/mol. The Morgan fingerprint density at radius 1 is 1.53 bits per heavy atom. The molecule has 0 aliphatic carbocycles. The fourth-order valence-corrected chi connectivity index (χ4v) is 1.55. The lowest BCUT2D eigenvalue weighted by Crippen LogP contribution is -2.19. The molecule has 0 saturated carbocycles. The molecular formula is C11H15ClN2O3. The second kappa shape index (κ2) is 7.21. The lowest BCUT2D eigenvalue weighted by molar-refractivity contribution is -0.384. The third-order valence-corrected chi connectivity index (χ3v) is 2.54. The van der Waals surface area contributed by atoms with Crippen LogP contribution in [-0.4, -0.2) is 24.7 Å². The number of non-ortho nitro benzene ring substituents is 1. The van der Waals surface area contributed by atoms with Crippen LogP contribution in [0, 0.1) is 10.1 Å². The van der Waals surface area contributed by atoms with Gasteiger partial charge in [0, 0.05) is 31.8 Å². The largest absolute Gasteiger partial charge is 0.380 e. The summed E-state index contributed by atoms with van der Waals surface area (Å²) < 4.78 is 5.17. The van der Waals surface area contributed by atoms with Gasteiger partial charge in [0.1, 0.15) is 0 Å². The van der Waals surface area contributed by atoms with Crippen molar-refractivity contribution in [2.24, 2.45) is 0 Å². The maximum absolute atomic E-state index is 10.5. The summed E-state index contributed by atoms with van der Waals surface area (Å²) in [6.45, 7) is 4.57. The third kappa shape index (κ3) is 4.68. The van der Waals surface area contributed by atoms with Crippen LogP contribution in [0.4, 0.5) is 5.69 Å². The zero-order valence-electron chi connectivity index (χ0n) is 9.61. The molecule has 94 valence electrons. The topological polar surface area (TPSA) is 64.4 Å². The van der Waals surface area contributed by atoms with Crippen molar-refractivity contribution in [3.8, 4) is 0 Å². The molecule has 0 heterocycles. The molecule has 0 aliphatic heterocycles. The summed E-state index contributed by atoms with van der Waals surface area (Å²) in [5.74, 6) is 0. The molecule has 17 heavy (non-hydrogen) atoms. The average Bonchev–Trinajstić information content (AvgIpc) is 2.30. The minimum atomic E-state index is -0.460. The smallest absolute Gasteiger partial charge is 0.270 e. The molecule has 0 saturated heterocycles. The van der Waals surface area contributed by atoms with Gasteiger partial charge in [0.15, 0.2) is 0 Å². The zero-order chi connectivity index (χ0) is 12.7. The van der Waals surface area contributed by atoms with Gasteiger partial charge in [-0.2, -0.15) is 0 Å². The van der Waals surface area contributed by atoms with Gasteiger partial charge < -0.3 is 10.1 Å². The highest BCUT2D eigenvalue weighted by atomic mass is 35.5. The Balaban J connectivity index is 2.46. The number of nitrogens with zero attached hydrogens (tertiary/aromatic N) is 1. The van der Waals surface area contributed by atoms with Crippen LogP contribution in [0.25, 0.3) is 0 Å². The lowest BCUT2D eigenvalue weighted by Gasteiger charge is -2.06. The van der Waals surface area contributed by atoms with E-state index in [1.165, 1.54) is 12.1 Å². The number of halogens is 1. The van der Waals surface area contributed by atoms with E-state index in [0.717, 1.165) is 12.1 Å². The molecule has 0 radical (unpaired) electrons. The summed E-state index contributed by atoms with van der Waals surface area (Å²) >= 11 is 5.94. The van der Waals surface area contributed by atoms with E-state index in [2.05, 4.69) is 5.32 Å². The second-order valence-corrected chi connectivity index (χ2v) is 3.81. The first-order valence-corrected chi connectivity index (χ1v) is 5.74. The minimum Gasteiger partial charge on any atom is -0.380 e. The van der Waals surface area contributed by atoms with Gasteiger partial charge in [-0.3, -0.25) is 10.1 Å². The normalized spacial score (nSPS) is 10.5. The molecule has 1 aromatic rings. The fraction of sp³-hybridized carbons (Fsp3) is 0.455. The molecule has 1 aromatic carbocycles. The molecule has 6 heteroatoms. The summed E-state index contributed by atoms with van der Waals surface area (Å²) in [4.78, 5) is 10.1. The molecule has 0 amide bonds. The van der Waals surface area contributed by atoms with Gasteiger partial charge in [-0.15, -0.1) is 0 Å². The minimum absolute atomic E-state index is 0.00747. The Morgan fingerprint density at radius 3 is 2.88 bits per heavy atom. The standard InChI is InChI=1S/C11H15ClN2O3/c1-2-17-6-5-13-8-9-3-4-10(14(15)16)7-11(9)12/h3-4,7,13H,2,5-6,8H2,1H3. The summed E-state index contributed by atoms with van der Waals surface area (Å²) in [5, 5.41) is 14.1. The Labute approximate surface area is 105 Å². The number of nitrogens with one attached hydrogen (secondary N) is 1. The van der Waals surface area contributed by atoms with Crippen molar-refractivity contribution in [2.45, 2.75) is 13.5 Å². The van der Waals surface area contributed by atoms with E-state index in [1.54, 1.807) is 6.07 Å². The molecule has 0 aliphatic rings. The van der Waals surface area contributed by atoms with E-state index in [-0.39, 0.29) is 5.69 Å². The van der Waals surface area contributed by atoms with Crippen LogP contribution in [0.15, 0.2) is 18.2 Å². The van der Waals surface area contributed by atoms with Crippen LogP contribution >= 0.6 is 11.6 Å².